The fourth-order valence-electron chi connectivity index (χ4n) is 4.41. The van der Waals surface area contributed by atoms with E-state index in [4.69, 9.17) is 11.6 Å². The van der Waals surface area contributed by atoms with Gasteiger partial charge in [0.15, 0.2) is 5.82 Å². The van der Waals surface area contributed by atoms with E-state index in [2.05, 4.69) is 10.1 Å². The number of carbonyl (C=O) groups excluding carboxylic acids is 2. The lowest BCUT2D eigenvalue weighted by Gasteiger charge is -2.35. The van der Waals surface area contributed by atoms with Crippen LogP contribution in [0.1, 0.15) is 54.0 Å². The van der Waals surface area contributed by atoms with Gasteiger partial charge in [0.1, 0.15) is 5.69 Å². The van der Waals surface area contributed by atoms with Gasteiger partial charge in [0.25, 0.3) is 5.91 Å². The lowest BCUT2D eigenvalue weighted by atomic mass is 9.94. The SMILES string of the molecule is Cc1cc(C)n(-c2ccc(Cl)c(C(=O)N3CCC(C(=O)N4CCCCC4)CC3)n2)n1. The standard InChI is InChI=1S/C22H28ClN5O2/c1-15-14-16(2)28(25-15)19-7-6-18(23)20(24-19)22(30)27-12-8-17(9-13-27)21(29)26-10-4-3-5-11-26/h6-7,14,17H,3-5,8-13H2,1-2H3. The van der Waals surface area contributed by atoms with Crippen LogP contribution in [0.5, 0.6) is 0 Å². The van der Waals surface area contributed by atoms with Crippen molar-refractivity contribution < 1.29 is 9.59 Å². The highest BCUT2D eigenvalue weighted by molar-refractivity contribution is 6.33. The van der Waals surface area contributed by atoms with E-state index in [0.717, 1.165) is 37.3 Å². The maximum absolute atomic E-state index is 13.1. The molecule has 0 N–H and O–H groups in total. The summed E-state index contributed by atoms with van der Waals surface area (Å²) in [6, 6.07) is 5.42. The molecule has 2 aliphatic heterocycles. The molecule has 4 rings (SSSR count). The van der Waals surface area contributed by atoms with Crippen LogP contribution < -0.4 is 0 Å². The Labute approximate surface area is 182 Å². The monoisotopic (exact) mass is 429 g/mol. The molecule has 0 aliphatic carbocycles. The van der Waals surface area contributed by atoms with Crippen LogP contribution >= 0.6 is 11.6 Å². The van der Waals surface area contributed by atoms with Gasteiger partial charge in [-0.25, -0.2) is 9.67 Å². The van der Waals surface area contributed by atoms with E-state index in [1.165, 1.54) is 6.42 Å². The summed E-state index contributed by atoms with van der Waals surface area (Å²) in [6.07, 6.45) is 4.78. The third kappa shape index (κ3) is 4.21. The number of hydrogen-bond acceptors (Lipinski definition) is 4. The predicted molar refractivity (Wildman–Crippen MR) is 115 cm³/mol. The van der Waals surface area contributed by atoms with Crippen molar-refractivity contribution >= 4 is 23.4 Å². The molecule has 0 atom stereocenters. The van der Waals surface area contributed by atoms with Crippen LogP contribution in [0.25, 0.3) is 5.82 Å². The second kappa shape index (κ2) is 8.76. The average molecular weight is 430 g/mol. The molecular weight excluding hydrogens is 402 g/mol. The molecule has 0 spiro atoms. The average Bonchev–Trinajstić information content (AvgIpc) is 3.11. The molecule has 160 valence electrons. The molecule has 2 aromatic rings. The summed E-state index contributed by atoms with van der Waals surface area (Å²) in [5.41, 5.74) is 2.07. The lowest BCUT2D eigenvalue weighted by molar-refractivity contribution is -0.137. The number of carbonyl (C=O) groups is 2. The Morgan fingerprint density at radius 3 is 2.33 bits per heavy atom. The topological polar surface area (TPSA) is 71.3 Å². The molecule has 0 aromatic carbocycles. The quantitative estimate of drug-likeness (QED) is 0.749. The van der Waals surface area contributed by atoms with E-state index in [-0.39, 0.29) is 23.4 Å². The van der Waals surface area contributed by atoms with Gasteiger partial charge in [-0.05, 0) is 64.2 Å². The Bertz CT molecular complexity index is 943. The molecule has 4 heterocycles. The smallest absolute Gasteiger partial charge is 0.274 e. The summed E-state index contributed by atoms with van der Waals surface area (Å²) in [4.78, 5) is 34.2. The first kappa shape index (κ1) is 20.8. The first-order valence-electron chi connectivity index (χ1n) is 10.7. The van der Waals surface area contributed by atoms with E-state index < -0.39 is 0 Å². The molecule has 2 saturated heterocycles. The molecule has 2 fully saturated rings. The second-order valence-electron chi connectivity index (χ2n) is 8.29. The van der Waals surface area contributed by atoms with Gasteiger partial charge in [-0.3, -0.25) is 9.59 Å². The minimum atomic E-state index is -0.188. The molecule has 2 aliphatic rings. The van der Waals surface area contributed by atoms with E-state index in [1.807, 2.05) is 24.8 Å². The summed E-state index contributed by atoms with van der Waals surface area (Å²) < 4.78 is 1.71. The fraction of sp³-hybridized carbons (Fsp3) is 0.545. The molecular formula is C22H28ClN5O2. The molecule has 30 heavy (non-hydrogen) atoms. The number of rotatable bonds is 3. The van der Waals surface area contributed by atoms with E-state index in [9.17, 15) is 9.59 Å². The molecule has 8 heteroatoms. The van der Waals surface area contributed by atoms with Crippen LogP contribution in [0.2, 0.25) is 5.02 Å². The van der Waals surface area contributed by atoms with E-state index in [1.54, 1.807) is 21.7 Å². The number of piperidine rings is 2. The zero-order valence-electron chi connectivity index (χ0n) is 17.6. The Hall–Kier alpha value is -2.41. The van der Waals surface area contributed by atoms with Crippen molar-refractivity contribution in [3.05, 3.63) is 40.3 Å². The van der Waals surface area contributed by atoms with Gasteiger partial charge < -0.3 is 9.80 Å². The number of hydrogen-bond donors (Lipinski definition) is 0. The van der Waals surface area contributed by atoms with Gasteiger partial charge in [0.2, 0.25) is 5.91 Å². The van der Waals surface area contributed by atoms with Crippen LogP contribution in [0.3, 0.4) is 0 Å². The van der Waals surface area contributed by atoms with Gasteiger partial charge in [-0.15, -0.1) is 0 Å². The summed E-state index contributed by atoms with van der Waals surface area (Å²) in [6.45, 7) is 6.70. The Morgan fingerprint density at radius 2 is 1.70 bits per heavy atom. The highest BCUT2D eigenvalue weighted by atomic mass is 35.5. The van der Waals surface area contributed by atoms with Crippen molar-refractivity contribution in [2.24, 2.45) is 5.92 Å². The van der Waals surface area contributed by atoms with Gasteiger partial charge in [0.05, 0.1) is 10.7 Å². The van der Waals surface area contributed by atoms with E-state index in [0.29, 0.717) is 36.8 Å². The molecule has 0 saturated carbocycles. The zero-order valence-corrected chi connectivity index (χ0v) is 18.4. The van der Waals surface area contributed by atoms with Crippen molar-refractivity contribution in [2.75, 3.05) is 26.2 Å². The Morgan fingerprint density at radius 1 is 1.00 bits per heavy atom. The molecule has 2 aromatic heterocycles. The number of nitrogens with zero attached hydrogens (tertiary/aromatic N) is 5. The van der Waals surface area contributed by atoms with Gasteiger partial charge in [-0.1, -0.05) is 11.6 Å². The van der Waals surface area contributed by atoms with Crippen LogP contribution in [0.15, 0.2) is 18.2 Å². The molecule has 2 amide bonds. The van der Waals surface area contributed by atoms with Crippen molar-refractivity contribution in [1.82, 2.24) is 24.6 Å². The number of halogens is 1. The summed E-state index contributed by atoms with van der Waals surface area (Å²) in [7, 11) is 0. The third-order valence-electron chi connectivity index (χ3n) is 6.06. The van der Waals surface area contributed by atoms with Gasteiger partial charge >= 0.3 is 0 Å². The van der Waals surface area contributed by atoms with Crippen LogP contribution in [-0.2, 0) is 4.79 Å². The van der Waals surface area contributed by atoms with E-state index >= 15 is 0 Å². The Kier molecular flexibility index (Phi) is 6.09. The zero-order chi connectivity index (χ0) is 21.3. The first-order valence-corrected chi connectivity index (χ1v) is 11.1. The highest BCUT2D eigenvalue weighted by Gasteiger charge is 2.32. The number of likely N-dealkylation sites (tertiary alicyclic amines) is 2. The molecule has 0 unspecified atom stereocenters. The van der Waals surface area contributed by atoms with Crippen LogP contribution in [0, 0.1) is 19.8 Å². The number of aromatic nitrogens is 3. The van der Waals surface area contributed by atoms with Gasteiger partial charge in [0, 0.05) is 37.8 Å². The highest BCUT2D eigenvalue weighted by Crippen LogP contribution is 2.25. The fourth-order valence-corrected chi connectivity index (χ4v) is 4.60. The molecule has 7 nitrogen and oxygen atoms in total. The third-order valence-corrected chi connectivity index (χ3v) is 6.36. The summed E-state index contributed by atoms with van der Waals surface area (Å²) >= 11 is 6.32. The maximum atomic E-state index is 13.1. The minimum absolute atomic E-state index is 0.0108. The largest absolute Gasteiger partial charge is 0.342 e. The minimum Gasteiger partial charge on any atom is -0.342 e. The van der Waals surface area contributed by atoms with Crippen molar-refractivity contribution in [3.63, 3.8) is 0 Å². The first-order chi connectivity index (χ1) is 14.4. The normalized spacial score (nSPS) is 18.0. The summed E-state index contributed by atoms with van der Waals surface area (Å²) in [5, 5.41) is 4.77. The van der Waals surface area contributed by atoms with Crippen molar-refractivity contribution in [2.45, 2.75) is 46.0 Å². The predicted octanol–water partition coefficient (Wildman–Crippen LogP) is 3.40. The maximum Gasteiger partial charge on any atom is 0.274 e. The molecule has 0 radical (unpaired) electrons. The second-order valence-corrected chi connectivity index (χ2v) is 8.70. The van der Waals surface area contributed by atoms with Crippen LogP contribution in [0.4, 0.5) is 0 Å². The lowest BCUT2D eigenvalue weighted by Crippen LogP contribution is -2.45. The van der Waals surface area contributed by atoms with Crippen molar-refractivity contribution in [1.29, 1.82) is 0 Å². The van der Waals surface area contributed by atoms with Crippen molar-refractivity contribution in [3.8, 4) is 5.82 Å². The summed E-state index contributed by atoms with van der Waals surface area (Å²) in [5.74, 6) is 0.650. The molecule has 0 bridgehead atoms. The van der Waals surface area contributed by atoms with Gasteiger partial charge in [-0.2, -0.15) is 5.10 Å². The van der Waals surface area contributed by atoms with Crippen LogP contribution in [-0.4, -0.2) is 62.6 Å². The number of amides is 2. The number of pyridine rings is 1. The number of aryl methyl sites for hydroxylation is 2. The Balaban J connectivity index is 1.44.